The van der Waals surface area contributed by atoms with Crippen molar-refractivity contribution in [2.24, 2.45) is 0 Å². The van der Waals surface area contributed by atoms with Crippen molar-refractivity contribution in [3.8, 4) is 12.1 Å². The van der Waals surface area contributed by atoms with Crippen molar-refractivity contribution in [2.75, 3.05) is 0 Å². The first kappa shape index (κ1) is 51.9. The Bertz CT molecular complexity index is 2470. The summed E-state index contributed by atoms with van der Waals surface area (Å²) in [5, 5.41) is 26.3. The van der Waals surface area contributed by atoms with Gasteiger partial charge in [-0.1, -0.05) is 12.1 Å². The van der Waals surface area contributed by atoms with Crippen molar-refractivity contribution in [1.29, 1.82) is 10.5 Å². The number of hydrogen-bond acceptors (Lipinski definition) is 8. The van der Waals surface area contributed by atoms with Gasteiger partial charge < -0.3 is 29.7 Å². The fourth-order valence-electron chi connectivity index (χ4n) is 7.25. The Labute approximate surface area is 420 Å². The van der Waals surface area contributed by atoms with Crippen LogP contribution >= 0.6 is 86.1 Å². The van der Waals surface area contributed by atoms with Crippen LogP contribution in [0.15, 0.2) is 85.2 Å². The molecule has 12 nitrogen and oxygen atoms in total. The number of alkyl carbamates (subject to hydrolysis) is 2. The van der Waals surface area contributed by atoms with E-state index in [0.29, 0.717) is 36.8 Å². The molecule has 62 heavy (non-hydrogen) atoms. The van der Waals surface area contributed by atoms with Crippen LogP contribution in [0.4, 0.5) is 9.59 Å². The van der Waals surface area contributed by atoms with E-state index in [2.05, 4.69) is 117 Å². The summed E-state index contributed by atoms with van der Waals surface area (Å²) in [5.74, 6) is 0.501. The maximum absolute atomic E-state index is 12.0. The van der Waals surface area contributed by atoms with E-state index in [4.69, 9.17) is 26.3 Å². The van der Waals surface area contributed by atoms with Crippen LogP contribution in [0.2, 0.25) is 0 Å². The van der Waals surface area contributed by atoms with Crippen LogP contribution < -0.4 is 23.9 Å². The second-order valence-electron chi connectivity index (χ2n) is 14.5. The minimum atomic E-state index is -0.386. The molecule has 0 fully saturated rings. The molecule has 2 amide bonds. The summed E-state index contributed by atoms with van der Waals surface area (Å²) >= 11 is 15.0. The molecule has 3 N–H and O–H groups in total. The summed E-state index contributed by atoms with van der Waals surface area (Å²) in [5.41, 5.74) is 10.0. The zero-order valence-corrected chi connectivity index (χ0v) is 45.8. The molecular formula is C44H45ClI5N8O4-. The van der Waals surface area contributed by atoms with E-state index in [0.717, 1.165) is 64.6 Å². The predicted octanol–water partition coefficient (Wildman–Crippen LogP) is 8.57. The number of aromatic amines is 1. The summed E-state index contributed by atoms with van der Waals surface area (Å²) in [6.07, 6.45) is 5.47. The minimum absolute atomic E-state index is 0.0126. The number of fused-ring (bicyclic) bond motifs is 6. The number of carbonyl (C=O) groups excluding carboxylic acids is 2. The van der Waals surface area contributed by atoms with Gasteiger partial charge in [0, 0.05) is 108 Å². The third kappa shape index (κ3) is 15.2. The van der Waals surface area contributed by atoms with Crippen molar-refractivity contribution in [2.45, 2.75) is 90.1 Å². The number of rotatable bonds is 7. The molecule has 0 bridgehead atoms. The Morgan fingerprint density at radius 2 is 1.34 bits per heavy atom. The molecule has 2 aromatic carbocycles. The molecule has 4 heterocycles. The normalized spacial score (nSPS) is 14.3. The number of carbonyl (C=O) groups is 2. The van der Waals surface area contributed by atoms with E-state index >= 15 is 0 Å². The molecule has 0 aliphatic heterocycles. The number of H-pyrrole nitrogens is 1. The van der Waals surface area contributed by atoms with Gasteiger partial charge >= 0.3 is 62.7 Å². The first-order valence-corrected chi connectivity index (χ1v) is 38.7. The Balaban J connectivity index is 0.000000217. The molecule has 2 aliphatic carbocycles. The number of aromatic nitrogens is 4. The Morgan fingerprint density at radius 3 is 1.85 bits per heavy atom. The van der Waals surface area contributed by atoms with Gasteiger partial charge in [0.05, 0.1) is 59.3 Å². The van der Waals surface area contributed by atoms with Crippen LogP contribution in [-0.4, -0.2) is 56.0 Å². The van der Waals surface area contributed by atoms with E-state index in [9.17, 15) is 14.9 Å². The van der Waals surface area contributed by atoms with Crippen molar-refractivity contribution in [3.63, 3.8) is 0 Å². The quantitative estimate of drug-likeness (QED) is 0.106. The SMILES string of the molecule is CC(C)OC(=O)N[C@@H]1Cc2[nH]c3ccc(C#N)cc3c2C1.CC(C)OC(=O)N[C@H]1Cc2c(n(Cc3ccccn3)c3ccc(C#N)cc23)C1.ClCc1ccccn1.II.I[I-]I. The van der Waals surface area contributed by atoms with Gasteiger partial charge in [-0.2, -0.15) is 10.5 Å². The van der Waals surface area contributed by atoms with Crippen LogP contribution in [0.25, 0.3) is 21.8 Å². The van der Waals surface area contributed by atoms with E-state index in [1.807, 2.05) is 100 Å². The van der Waals surface area contributed by atoms with Crippen LogP contribution in [0, 0.1) is 22.7 Å². The molecule has 0 unspecified atom stereocenters. The van der Waals surface area contributed by atoms with Crippen LogP contribution in [0.5, 0.6) is 0 Å². The average Bonchev–Trinajstić information content (AvgIpc) is 4.02. The molecule has 4 aromatic heterocycles. The van der Waals surface area contributed by atoms with Crippen molar-refractivity contribution in [1.82, 2.24) is 30.2 Å². The number of nitriles is 2. The Hall–Kier alpha value is -2.72. The zero-order valence-electron chi connectivity index (χ0n) is 34.3. The summed E-state index contributed by atoms with van der Waals surface area (Å²) in [6, 6.07) is 27.4. The Morgan fingerprint density at radius 1 is 0.806 bits per heavy atom. The van der Waals surface area contributed by atoms with Gasteiger partial charge in [-0.05, 0) is 112 Å². The van der Waals surface area contributed by atoms with Gasteiger partial charge in [0.15, 0.2) is 0 Å². The number of halogens is 6. The number of pyridine rings is 2. The molecule has 2 atom stereocenters. The van der Waals surface area contributed by atoms with Gasteiger partial charge in [0.1, 0.15) is 0 Å². The molecule has 328 valence electrons. The molecule has 2 aliphatic rings. The number of ether oxygens (including phenoxy) is 2. The summed E-state index contributed by atoms with van der Waals surface area (Å²) in [4.78, 5) is 35.5. The summed E-state index contributed by atoms with van der Waals surface area (Å²) in [6.45, 7) is 7.98. The number of hydrogen-bond donors (Lipinski definition) is 3. The molecule has 6 aromatic rings. The Kier molecular flexibility index (Phi) is 22.5. The fraction of sp³-hybridized carbons (Fsp3) is 0.318. The third-order valence-electron chi connectivity index (χ3n) is 9.57. The average molecular weight is 1420 g/mol. The van der Waals surface area contributed by atoms with Crippen LogP contribution in [0.1, 0.15) is 72.7 Å². The van der Waals surface area contributed by atoms with Gasteiger partial charge in [0.25, 0.3) is 0 Å². The van der Waals surface area contributed by atoms with Gasteiger partial charge in [0.2, 0.25) is 0 Å². The number of nitrogens with one attached hydrogen (secondary N) is 3. The third-order valence-corrected chi connectivity index (χ3v) is 9.84. The molecule has 0 saturated heterocycles. The predicted molar refractivity (Wildman–Crippen MR) is 275 cm³/mol. The second-order valence-corrected chi connectivity index (χ2v) is 31.1. The summed E-state index contributed by atoms with van der Waals surface area (Å²) < 4.78 is 12.6. The molecular weight excluding hydrogens is 1370 g/mol. The van der Waals surface area contributed by atoms with Gasteiger partial charge in [-0.25, -0.2) is 9.59 Å². The van der Waals surface area contributed by atoms with Gasteiger partial charge in [-0.15, -0.1) is 11.6 Å². The topological polar surface area (TPSA) is 171 Å². The monoisotopic (exact) mass is 1420 g/mol. The van der Waals surface area contributed by atoms with E-state index in [1.54, 1.807) is 12.4 Å². The van der Waals surface area contributed by atoms with Crippen molar-refractivity contribution >= 4 is 120 Å². The van der Waals surface area contributed by atoms with Crippen molar-refractivity contribution < 1.29 is 32.3 Å². The zero-order chi connectivity index (χ0) is 45.2. The molecule has 0 saturated carbocycles. The fourth-order valence-corrected chi connectivity index (χ4v) is 7.41. The number of nitrogens with zero attached hydrogens (tertiary/aromatic N) is 5. The number of alkyl halides is 1. The molecule has 18 heteroatoms. The molecule has 8 rings (SSSR count). The first-order chi connectivity index (χ1) is 30.0. The standard InChI is InChI=1S/C22H22N4O2.C16H17N3O2.C6H6ClN.I3.I2/c1-14(2)28-22(27)25-17-10-19-18-9-15(12-23)6-7-20(18)26(21(19)11-17)13-16-5-3-4-8-24-16;1-9(2)21-16(20)18-11-6-13-12-5-10(8-17)3-4-14(12)19-15(13)7-11;7-5-6-3-1-2-4-8-6;1-3-2;1-2/h3-9,14,17H,10-11,13H2,1-2H3,(H,25,27);3-5,9,11,19H,6-7H2,1-2H3,(H,18,20);1-4H,5H2;;/q;;;-1;/t17-;11-;;;/m00.../s1. The van der Waals surface area contributed by atoms with Crippen LogP contribution in [0.3, 0.4) is 0 Å². The van der Waals surface area contributed by atoms with Gasteiger partial charge in [-0.3, -0.25) is 9.97 Å². The molecule has 0 radical (unpaired) electrons. The van der Waals surface area contributed by atoms with E-state index < -0.39 is 0 Å². The number of amides is 2. The molecule has 0 spiro atoms. The van der Waals surface area contributed by atoms with Crippen LogP contribution in [-0.2, 0) is 47.6 Å². The second kappa shape index (κ2) is 26.9. The maximum atomic E-state index is 12.0. The number of benzene rings is 2. The summed E-state index contributed by atoms with van der Waals surface area (Å²) in [7, 11) is 0. The van der Waals surface area contributed by atoms with E-state index in [1.165, 1.54) is 16.8 Å². The first-order valence-electron chi connectivity index (χ1n) is 19.4. The van der Waals surface area contributed by atoms with E-state index in [-0.39, 0.29) is 36.5 Å². The van der Waals surface area contributed by atoms with Crippen molar-refractivity contribution in [3.05, 3.63) is 130 Å².